The van der Waals surface area contributed by atoms with E-state index >= 15 is 0 Å². The number of benzene rings is 1. The minimum Gasteiger partial charge on any atom is -0.467 e. The second-order valence-electron chi connectivity index (χ2n) is 5.07. The predicted octanol–water partition coefficient (Wildman–Crippen LogP) is 2.24. The number of carbonyl (C=O) groups is 1. The molecule has 0 saturated carbocycles. The summed E-state index contributed by atoms with van der Waals surface area (Å²) in [5.74, 6) is 1.03. The van der Waals surface area contributed by atoms with Crippen molar-refractivity contribution in [1.29, 1.82) is 0 Å². The molecule has 0 spiro atoms. The van der Waals surface area contributed by atoms with Gasteiger partial charge < -0.3 is 9.73 Å². The second-order valence-corrected chi connectivity index (χ2v) is 5.07. The summed E-state index contributed by atoms with van der Waals surface area (Å²) < 4.78 is 5.56. The van der Waals surface area contributed by atoms with Crippen LogP contribution in [0.25, 0.3) is 0 Å². The molecule has 2 N–H and O–H groups in total. The van der Waals surface area contributed by atoms with Crippen LogP contribution in [0.4, 0.5) is 0 Å². The first-order chi connectivity index (χ1) is 9.83. The third-order valence-corrected chi connectivity index (χ3v) is 3.63. The first-order valence-electron chi connectivity index (χ1n) is 6.94. The lowest BCUT2D eigenvalue weighted by molar-refractivity contribution is -0.122. The molecule has 1 amide bonds. The van der Waals surface area contributed by atoms with E-state index in [2.05, 4.69) is 22.8 Å². The van der Waals surface area contributed by atoms with Gasteiger partial charge >= 0.3 is 0 Å². The smallest absolute Gasteiger partial charge is 0.220 e. The van der Waals surface area contributed by atoms with Crippen molar-refractivity contribution in [3.8, 4) is 0 Å². The molecule has 1 aromatic carbocycles. The monoisotopic (exact) mass is 270 g/mol. The van der Waals surface area contributed by atoms with Gasteiger partial charge in [-0.3, -0.25) is 10.1 Å². The fourth-order valence-corrected chi connectivity index (χ4v) is 2.55. The molecule has 2 aromatic rings. The molecule has 1 saturated heterocycles. The van der Waals surface area contributed by atoms with E-state index in [1.165, 1.54) is 5.56 Å². The van der Waals surface area contributed by atoms with Crippen molar-refractivity contribution in [2.75, 3.05) is 6.54 Å². The van der Waals surface area contributed by atoms with Gasteiger partial charge in [-0.25, -0.2) is 0 Å². The number of piperidine rings is 1. The fourth-order valence-electron chi connectivity index (χ4n) is 2.55. The molecule has 0 bridgehead atoms. The highest BCUT2D eigenvalue weighted by molar-refractivity contribution is 5.76. The van der Waals surface area contributed by atoms with Gasteiger partial charge in [-0.2, -0.15) is 0 Å². The van der Waals surface area contributed by atoms with E-state index in [1.807, 2.05) is 30.3 Å². The fraction of sp³-hybridized carbons (Fsp3) is 0.312. The van der Waals surface area contributed by atoms with Crippen molar-refractivity contribution >= 4 is 5.91 Å². The zero-order chi connectivity index (χ0) is 13.8. The maximum atomic E-state index is 11.2. The van der Waals surface area contributed by atoms with E-state index < -0.39 is 0 Å². The molecule has 3 rings (SSSR count). The normalized spacial score (nSPS) is 20.4. The molecule has 2 atom stereocenters. The molecule has 0 radical (unpaired) electrons. The van der Waals surface area contributed by atoms with Crippen LogP contribution in [0, 0.1) is 0 Å². The van der Waals surface area contributed by atoms with Crippen molar-refractivity contribution < 1.29 is 9.21 Å². The standard InChI is InChI=1S/C16H18N2O2/c19-15-9-8-13(11-17-15)18-16(14-7-4-10-20-14)12-5-2-1-3-6-12/h1-7,10,13,16,18H,8-9,11H2,(H,17,19). The van der Waals surface area contributed by atoms with E-state index in [-0.39, 0.29) is 18.0 Å². The molecule has 1 aromatic heterocycles. The topological polar surface area (TPSA) is 54.3 Å². The summed E-state index contributed by atoms with van der Waals surface area (Å²) in [5.41, 5.74) is 1.17. The molecule has 2 heterocycles. The Bertz CT molecular complexity index is 541. The Morgan fingerprint density at radius 2 is 2.05 bits per heavy atom. The van der Waals surface area contributed by atoms with Crippen LogP contribution in [0.5, 0.6) is 0 Å². The molecular weight excluding hydrogens is 252 g/mol. The summed E-state index contributed by atoms with van der Waals surface area (Å²) in [7, 11) is 0. The lowest BCUT2D eigenvalue weighted by atomic mass is 10.0. The van der Waals surface area contributed by atoms with Gasteiger partial charge in [-0.15, -0.1) is 0 Å². The van der Waals surface area contributed by atoms with Gasteiger partial charge in [0.15, 0.2) is 0 Å². The van der Waals surface area contributed by atoms with E-state index in [4.69, 9.17) is 4.42 Å². The highest BCUT2D eigenvalue weighted by atomic mass is 16.3. The van der Waals surface area contributed by atoms with Gasteiger partial charge in [0, 0.05) is 19.0 Å². The molecular formula is C16H18N2O2. The third-order valence-electron chi connectivity index (χ3n) is 3.63. The number of rotatable bonds is 4. The number of furan rings is 1. The van der Waals surface area contributed by atoms with E-state index in [0.29, 0.717) is 13.0 Å². The summed E-state index contributed by atoms with van der Waals surface area (Å²) >= 11 is 0. The van der Waals surface area contributed by atoms with E-state index in [0.717, 1.165) is 12.2 Å². The summed E-state index contributed by atoms with van der Waals surface area (Å²) in [6, 6.07) is 14.4. The van der Waals surface area contributed by atoms with Crippen molar-refractivity contribution in [1.82, 2.24) is 10.6 Å². The van der Waals surface area contributed by atoms with Gasteiger partial charge in [0.1, 0.15) is 5.76 Å². The minimum absolute atomic E-state index is 0.0196. The Labute approximate surface area is 118 Å². The van der Waals surface area contributed by atoms with Gasteiger partial charge in [0.2, 0.25) is 5.91 Å². The molecule has 1 fully saturated rings. The Kier molecular flexibility index (Phi) is 3.83. The molecule has 1 aliphatic rings. The third kappa shape index (κ3) is 2.91. The lowest BCUT2D eigenvalue weighted by Crippen LogP contribution is -2.46. The highest BCUT2D eigenvalue weighted by Crippen LogP contribution is 2.23. The van der Waals surface area contributed by atoms with Crippen molar-refractivity contribution in [2.24, 2.45) is 0 Å². The van der Waals surface area contributed by atoms with Crippen LogP contribution in [-0.4, -0.2) is 18.5 Å². The molecule has 0 aliphatic carbocycles. The second kappa shape index (κ2) is 5.92. The van der Waals surface area contributed by atoms with Crippen molar-refractivity contribution in [3.05, 3.63) is 60.1 Å². The molecule has 4 nitrogen and oxygen atoms in total. The van der Waals surface area contributed by atoms with Crippen LogP contribution in [0.2, 0.25) is 0 Å². The molecule has 104 valence electrons. The first-order valence-corrected chi connectivity index (χ1v) is 6.94. The molecule has 4 heteroatoms. The van der Waals surface area contributed by atoms with Crippen molar-refractivity contribution in [2.45, 2.75) is 24.9 Å². The maximum Gasteiger partial charge on any atom is 0.220 e. The Hall–Kier alpha value is -2.07. The van der Waals surface area contributed by atoms with Gasteiger partial charge in [0.25, 0.3) is 0 Å². The number of amides is 1. The van der Waals surface area contributed by atoms with Crippen molar-refractivity contribution in [3.63, 3.8) is 0 Å². The van der Waals surface area contributed by atoms with Crippen LogP contribution >= 0.6 is 0 Å². The largest absolute Gasteiger partial charge is 0.467 e. The average Bonchev–Trinajstić information content (AvgIpc) is 3.01. The Morgan fingerprint density at radius 1 is 1.20 bits per heavy atom. The molecule has 1 aliphatic heterocycles. The van der Waals surface area contributed by atoms with Crippen LogP contribution in [0.3, 0.4) is 0 Å². The lowest BCUT2D eigenvalue weighted by Gasteiger charge is -2.28. The van der Waals surface area contributed by atoms with Gasteiger partial charge in [-0.1, -0.05) is 30.3 Å². The maximum absolute atomic E-state index is 11.2. The Morgan fingerprint density at radius 3 is 2.70 bits per heavy atom. The quantitative estimate of drug-likeness (QED) is 0.896. The predicted molar refractivity (Wildman–Crippen MR) is 76.2 cm³/mol. The van der Waals surface area contributed by atoms with Crippen LogP contribution in [-0.2, 0) is 4.79 Å². The van der Waals surface area contributed by atoms with E-state index in [9.17, 15) is 4.79 Å². The summed E-state index contributed by atoms with van der Waals surface area (Å²) in [5, 5.41) is 6.49. The summed E-state index contributed by atoms with van der Waals surface area (Å²) in [6.45, 7) is 0.670. The van der Waals surface area contributed by atoms with Crippen LogP contribution in [0.1, 0.15) is 30.2 Å². The number of hydrogen-bond donors (Lipinski definition) is 2. The Balaban J connectivity index is 1.78. The molecule has 2 unspecified atom stereocenters. The zero-order valence-electron chi connectivity index (χ0n) is 11.2. The van der Waals surface area contributed by atoms with E-state index in [1.54, 1.807) is 6.26 Å². The number of nitrogens with one attached hydrogen (secondary N) is 2. The minimum atomic E-state index is 0.0196. The SMILES string of the molecule is O=C1CCC(NC(c2ccccc2)c2ccco2)CN1. The van der Waals surface area contributed by atoms with Crippen LogP contribution in [0.15, 0.2) is 53.1 Å². The first kappa shape index (κ1) is 12.9. The number of carbonyl (C=O) groups excluding carboxylic acids is 1. The zero-order valence-corrected chi connectivity index (χ0v) is 11.2. The summed E-state index contributed by atoms with van der Waals surface area (Å²) in [6.07, 6.45) is 3.13. The van der Waals surface area contributed by atoms with Crippen LogP contribution < -0.4 is 10.6 Å². The van der Waals surface area contributed by atoms with Gasteiger partial charge in [-0.05, 0) is 24.1 Å². The highest BCUT2D eigenvalue weighted by Gasteiger charge is 2.24. The number of hydrogen-bond acceptors (Lipinski definition) is 3. The molecule has 20 heavy (non-hydrogen) atoms. The average molecular weight is 270 g/mol. The summed E-state index contributed by atoms with van der Waals surface area (Å²) in [4.78, 5) is 11.2. The van der Waals surface area contributed by atoms with Gasteiger partial charge in [0.05, 0.1) is 12.3 Å².